The molecule has 2 atom stereocenters. The van der Waals surface area contributed by atoms with Gasteiger partial charge in [-0.05, 0) is 48.9 Å². The van der Waals surface area contributed by atoms with E-state index < -0.39 is 16.9 Å². The fourth-order valence-electron chi connectivity index (χ4n) is 4.15. The van der Waals surface area contributed by atoms with Crippen LogP contribution in [0.4, 0.5) is 17.1 Å². The molecule has 158 valence electrons. The molecule has 2 aliphatic rings. The number of aryl methyl sites for hydroxylation is 1. The Kier molecular flexibility index (Phi) is 4.55. The van der Waals surface area contributed by atoms with E-state index in [9.17, 15) is 19.7 Å². The molecule has 0 saturated carbocycles. The van der Waals surface area contributed by atoms with Crippen LogP contribution >= 0.6 is 0 Å². The van der Waals surface area contributed by atoms with Gasteiger partial charge in [0.05, 0.1) is 22.0 Å². The largest absolute Gasteiger partial charge is 0.273 e. The third kappa shape index (κ3) is 3.04. The summed E-state index contributed by atoms with van der Waals surface area (Å²) in [6.45, 7) is 1.93. The first kappa shape index (κ1) is 19.6. The van der Waals surface area contributed by atoms with Crippen LogP contribution in [-0.2, 0) is 9.59 Å². The summed E-state index contributed by atoms with van der Waals surface area (Å²) < 4.78 is 0. The maximum atomic E-state index is 13.5. The quantitative estimate of drug-likeness (QED) is 0.360. The van der Waals surface area contributed by atoms with Crippen molar-refractivity contribution in [3.8, 4) is 0 Å². The zero-order valence-corrected chi connectivity index (χ0v) is 17.1. The number of hydrogen-bond acceptors (Lipinski definition) is 6. The van der Waals surface area contributed by atoms with E-state index in [0.717, 1.165) is 5.56 Å². The molecule has 3 aromatic carbocycles. The van der Waals surface area contributed by atoms with Crippen molar-refractivity contribution in [2.24, 2.45) is 11.0 Å². The molecule has 32 heavy (non-hydrogen) atoms. The van der Waals surface area contributed by atoms with Crippen molar-refractivity contribution in [2.75, 3.05) is 9.91 Å². The summed E-state index contributed by atoms with van der Waals surface area (Å²) in [5.41, 5.74) is 3.14. The van der Waals surface area contributed by atoms with Crippen LogP contribution < -0.4 is 9.91 Å². The highest BCUT2D eigenvalue weighted by Crippen LogP contribution is 2.39. The van der Waals surface area contributed by atoms with Gasteiger partial charge in [0.15, 0.2) is 0 Å². The van der Waals surface area contributed by atoms with Crippen molar-refractivity contribution in [3.05, 3.63) is 100 Å². The second-order valence-corrected chi connectivity index (χ2v) is 7.74. The predicted octanol–water partition coefficient (Wildman–Crippen LogP) is 3.69. The summed E-state index contributed by atoms with van der Waals surface area (Å²) in [7, 11) is 0. The molecule has 3 aromatic rings. The Morgan fingerprint density at radius 1 is 0.844 bits per heavy atom. The van der Waals surface area contributed by atoms with Crippen LogP contribution in [0.3, 0.4) is 0 Å². The van der Waals surface area contributed by atoms with E-state index >= 15 is 0 Å². The number of fused-ring (bicyclic) bond motifs is 1. The number of non-ortho nitro benzene ring substituents is 1. The van der Waals surface area contributed by atoms with Crippen LogP contribution in [0.25, 0.3) is 0 Å². The fourth-order valence-corrected chi connectivity index (χ4v) is 4.15. The fraction of sp³-hybridized carbons (Fsp3) is 0.125. The highest BCUT2D eigenvalue weighted by Gasteiger charge is 2.57. The zero-order valence-electron chi connectivity index (χ0n) is 17.1. The van der Waals surface area contributed by atoms with E-state index in [4.69, 9.17) is 0 Å². The number of rotatable bonds is 4. The average molecular weight is 426 g/mol. The second-order valence-electron chi connectivity index (χ2n) is 7.74. The number of carbonyl (C=O) groups excluding carboxylic acids is 2. The van der Waals surface area contributed by atoms with Crippen LogP contribution in [-0.4, -0.2) is 28.5 Å². The van der Waals surface area contributed by atoms with Gasteiger partial charge < -0.3 is 0 Å². The number of anilines is 2. The first-order valence-corrected chi connectivity index (χ1v) is 10.1. The van der Waals surface area contributed by atoms with Gasteiger partial charge in [0.25, 0.3) is 11.6 Å². The average Bonchev–Trinajstić information content (AvgIpc) is 3.32. The Labute approximate surface area is 183 Å². The van der Waals surface area contributed by atoms with Gasteiger partial charge >= 0.3 is 0 Å². The number of para-hydroxylation sites is 1. The van der Waals surface area contributed by atoms with E-state index in [1.165, 1.54) is 17.0 Å². The number of nitro benzene ring substituents is 1. The van der Waals surface area contributed by atoms with Crippen LogP contribution in [0.15, 0.2) is 84.0 Å². The van der Waals surface area contributed by atoms with E-state index in [-0.39, 0.29) is 17.5 Å². The Balaban J connectivity index is 1.61. The lowest BCUT2D eigenvalue weighted by Gasteiger charge is -2.22. The molecule has 0 spiro atoms. The molecule has 8 nitrogen and oxygen atoms in total. The third-order valence-corrected chi connectivity index (χ3v) is 5.74. The van der Waals surface area contributed by atoms with Crippen LogP contribution in [0.5, 0.6) is 0 Å². The van der Waals surface area contributed by atoms with E-state index in [1.807, 2.05) is 49.4 Å². The number of imide groups is 1. The van der Waals surface area contributed by atoms with Gasteiger partial charge in [0.1, 0.15) is 12.0 Å². The summed E-state index contributed by atoms with van der Waals surface area (Å²) in [6, 6.07) is 21.4. The van der Waals surface area contributed by atoms with Crippen molar-refractivity contribution < 1.29 is 14.5 Å². The number of amides is 2. The Morgan fingerprint density at radius 3 is 2.12 bits per heavy atom. The number of hydrazone groups is 1. The zero-order chi connectivity index (χ0) is 22.4. The molecular weight excluding hydrogens is 408 g/mol. The van der Waals surface area contributed by atoms with Crippen molar-refractivity contribution in [2.45, 2.75) is 13.0 Å². The minimum absolute atomic E-state index is 0.0566. The minimum Gasteiger partial charge on any atom is -0.273 e. The molecule has 0 aliphatic carbocycles. The first-order valence-electron chi connectivity index (χ1n) is 10.1. The van der Waals surface area contributed by atoms with Gasteiger partial charge in [-0.3, -0.25) is 24.7 Å². The summed E-state index contributed by atoms with van der Waals surface area (Å²) in [5.74, 6) is -1.53. The van der Waals surface area contributed by atoms with Crippen molar-refractivity contribution >= 4 is 34.6 Å². The molecule has 0 N–H and O–H groups in total. The molecule has 8 heteroatoms. The van der Waals surface area contributed by atoms with E-state index in [2.05, 4.69) is 5.10 Å². The molecule has 0 radical (unpaired) electrons. The first-order chi connectivity index (χ1) is 15.5. The molecule has 1 fully saturated rings. The molecule has 2 amide bonds. The standard InChI is InChI=1S/C24H18N4O4/c1-15-7-11-17(12-8-15)26-23(29)20-21(16-9-13-19(14-10-16)28(31)32)25-27(22(20)24(26)30)18-5-3-2-4-6-18/h2-14,20,22H,1H3/t20-,22-/m0/s1. The predicted molar refractivity (Wildman–Crippen MR) is 120 cm³/mol. The Bertz CT molecular complexity index is 1250. The summed E-state index contributed by atoms with van der Waals surface area (Å²) in [6.07, 6.45) is 0. The molecule has 5 rings (SSSR count). The molecule has 0 unspecified atom stereocenters. The molecule has 0 bridgehead atoms. The SMILES string of the molecule is Cc1ccc(N2C(=O)[C@H]3C(c4ccc([N+](=O)[O-])cc4)=NN(c4ccccc4)[C@@H]3C2=O)cc1. The maximum Gasteiger partial charge on any atom is 0.269 e. The van der Waals surface area contributed by atoms with E-state index in [0.29, 0.717) is 22.6 Å². The van der Waals surface area contributed by atoms with Crippen molar-refractivity contribution in [1.29, 1.82) is 0 Å². The van der Waals surface area contributed by atoms with Crippen LogP contribution in [0.1, 0.15) is 11.1 Å². The van der Waals surface area contributed by atoms with E-state index in [1.54, 1.807) is 29.3 Å². The smallest absolute Gasteiger partial charge is 0.269 e. The number of nitro groups is 1. The highest BCUT2D eigenvalue weighted by atomic mass is 16.6. The van der Waals surface area contributed by atoms with Crippen LogP contribution in [0, 0.1) is 23.0 Å². The lowest BCUT2D eigenvalue weighted by molar-refractivity contribution is -0.384. The van der Waals surface area contributed by atoms with Gasteiger partial charge in [-0.1, -0.05) is 35.9 Å². The van der Waals surface area contributed by atoms with Gasteiger partial charge in [-0.15, -0.1) is 0 Å². The molecular formula is C24H18N4O4. The molecule has 2 aliphatic heterocycles. The maximum absolute atomic E-state index is 13.5. The Hall–Kier alpha value is -4.33. The van der Waals surface area contributed by atoms with Gasteiger partial charge in [0.2, 0.25) is 5.91 Å². The summed E-state index contributed by atoms with van der Waals surface area (Å²) in [5, 5.41) is 17.3. The Morgan fingerprint density at radius 2 is 1.50 bits per heavy atom. The normalized spacial score (nSPS) is 19.8. The lowest BCUT2D eigenvalue weighted by Crippen LogP contribution is -2.39. The highest BCUT2D eigenvalue weighted by molar-refractivity contribution is 6.34. The third-order valence-electron chi connectivity index (χ3n) is 5.74. The van der Waals surface area contributed by atoms with Gasteiger partial charge in [0, 0.05) is 12.1 Å². The topological polar surface area (TPSA) is 96.1 Å². The van der Waals surface area contributed by atoms with Crippen LogP contribution in [0.2, 0.25) is 0 Å². The van der Waals surface area contributed by atoms with Gasteiger partial charge in [-0.2, -0.15) is 5.10 Å². The minimum atomic E-state index is -0.823. The second kappa shape index (κ2) is 7.42. The summed E-state index contributed by atoms with van der Waals surface area (Å²) >= 11 is 0. The summed E-state index contributed by atoms with van der Waals surface area (Å²) in [4.78, 5) is 38.8. The van der Waals surface area contributed by atoms with Crippen molar-refractivity contribution in [3.63, 3.8) is 0 Å². The monoisotopic (exact) mass is 426 g/mol. The number of nitrogens with zero attached hydrogens (tertiary/aromatic N) is 4. The molecule has 0 aromatic heterocycles. The number of carbonyl (C=O) groups is 2. The molecule has 1 saturated heterocycles. The van der Waals surface area contributed by atoms with Crippen molar-refractivity contribution in [1.82, 2.24) is 0 Å². The number of hydrogen-bond donors (Lipinski definition) is 0. The lowest BCUT2D eigenvalue weighted by atomic mass is 9.92. The number of benzene rings is 3. The van der Waals surface area contributed by atoms with Gasteiger partial charge in [-0.25, -0.2) is 4.90 Å². The molecule has 2 heterocycles.